The minimum Gasteiger partial charge on any atom is -0.480 e. The lowest BCUT2D eigenvalue weighted by Gasteiger charge is -2.20. The molecule has 0 unspecified atom stereocenters. The van der Waals surface area contributed by atoms with E-state index in [1.165, 1.54) is 18.5 Å². The van der Waals surface area contributed by atoms with Crippen molar-refractivity contribution in [2.75, 3.05) is 0 Å². The Hall–Kier alpha value is -1.95. The van der Waals surface area contributed by atoms with E-state index in [9.17, 15) is 9.59 Å². The maximum Gasteiger partial charge on any atom is 0.328 e. The molecule has 0 fully saturated rings. The van der Waals surface area contributed by atoms with Crippen molar-refractivity contribution in [2.24, 2.45) is 0 Å². The molecule has 118 valence electrons. The van der Waals surface area contributed by atoms with Gasteiger partial charge in [0.15, 0.2) is 0 Å². The van der Waals surface area contributed by atoms with E-state index in [0.29, 0.717) is 6.42 Å². The summed E-state index contributed by atoms with van der Waals surface area (Å²) in [6.07, 6.45) is 2.76. The second kappa shape index (κ2) is 6.87. The van der Waals surface area contributed by atoms with E-state index >= 15 is 0 Å². The van der Waals surface area contributed by atoms with E-state index in [4.69, 9.17) is 5.11 Å². The highest BCUT2D eigenvalue weighted by Gasteiger charge is 2.28. The lowest BCUT2D eigenvalue weighted by Crippen LogP contribution is -2.49. The van der Waals surface area contributed by atoms with Crippen LogP contribution in [0.15, 0.2) is 24.3 Å². The molecule has 2 N–H and O–H groups in total. The zero-order valence-electron chi connectivity index (χ0n) is 12.8. The van der Waals surface area contributed by atoms with Gasteiger partial charge in [-0.1, -0.05) is 12.1 Å². The van der Waals surface area contributed by atoms with Crippen LogP contribution < -0.4 is 5.32 Å². The van der Waals surface area contributed by atoms with Crippen LogP contribution in [0, 0.1) is 0 Å². The van der Waals surface area contributed by atoms with E-state index < -0.39 is 11.5 Å². The highest BCUT2D eigenvalue weighted by atomic mass is 32.1. The average molecular weight is 320 g/mol. The first kappa shape index (κ1) is 16.4. The maximum absolute atomic E-state index is 11.7. The molecule has 0 radical (unpaired) electrons. The Morgan fingerprint density at radius 3 is 2.68 bits per heavy atom. The third-order valence-electron chi connectivity index (χ3n) is 3.37. The number of amides is 1. The van der Waals surface area contributed by atoms with E-state index in [1.54, 1.807) is 11.3 Å². The van der Waals surface area contributed by atoms with E-state index in [0.717, 1.165) is 29.8 Å². The number of thiazole rings is 1. The molecule has 6 heteroatoms. The second-order valence-corrected chi connectivity index (χ2v) is 6.88. The number of carbonyl (C=O) groups is 2. The third-order valence-corrected chi connectivity index (χ3v) is 4.47. The van der Waals surface area contributed by atoms with Gasteiger partial charge in [0.05, 0.1) is 15.2 Å². The number of hydrogen-bond donors (Lipinski definition) is 2. The predicted octanol–water partition coefficient (Wildman–Crippen LogP) is 2.99. The van der Waals surface area contributed by atoms with Crippen LogP contribution in [0.2, 0.25) is 0 Å². The van der Waals surface area contributed by atoms with Crippen LogP contribution in [-0.4, -0.2) is 27.5 Å². The number of hydrogen-bond acceptors (Lipinski definition) is 4. The number of benzene rings is 1. The molecular formula is C16H20N2O3S. The van der Waals surface area contributed by atoms with E-state index in [2.05, 4.69) is 16.4 Å². The molecule has 0 spiro atoms. The van der Waals surface area contributed by atoms with Crippen molar-refractivity contribution >= 4 is 33.4 Å². The molecule has 5 nitrogen and oxygen atoms in total. The van der Waals surface area contributed by atoms with Gasteiger partial charge in [0, 0.05) is 6.42 Å². The number of carboxylic acid groups (broad SMARTS) is 1. The molecule has 0 atom stereocenters. The maximum atomic E-state index is 11.7. The molecule has 1 aromatic carbocycles. The Labute approximate surface area is 133 Å². The fourth-order valence-corrected chi connectivity index (χ4v) is 3.06. The van der Waals surface area contributed by atoms with Crippen molar-refractivity contribution in [1.82, 2.24) is 10.3 Å². The molecule has 0 bridgehead atoms. The molecule has 1 aromatic heterocycles. The van der Waals surface area contributed by atoms with Gasteiger partial charge < -0.3 is 10.4 Å². The standard InChI is InChI=1S/C16H20N2O3S/c1-16(2,15(20)21)18-13(19)9-5-6-10-14-17-11-7-3-4-8-12(11)22-14/h3-4,7-8H,5-6,9-10H2,1-2H3,(H,18,19)(H,20,21). The van der Waals surface area contributed by atoms with Crippen molar-refractivity contribution in [2.45, 2.75) is 45.1 Å². The van der Waals surface area contributed by atoms with Crippen molar-refractivity contribution < 1.29 is 14.7 Å². The monoisotopic (exact) mass is 320 g/mol. The van der Waals surface area contributed by atoms with Crippen LogP contribution in [0.4, 0.5) is 0 Å². The molecule has 0 aliphatic rings. The summed E-state index contributed by atoms with van der Waals surface area (Å²) in [4.78, 5) is 27.2. The molecule has 22 heavy (non-hydrogen) atoms. The van der Waals surface area contributed by atoms with Crippen LogP contribution >= 0.6 is 11.3 Å². The normalized spacial score (nSPS) is 11.5. The smallest absolute Gasteiger partial charge is 0.328 e. The quantitative estimate of drug-likeness (QED) is 0.769. The fraction of sp³-hybridized carbons (Fsp3) is 0.438. The van der Waals surface area contributed by atoms with Crippen molar-refractivity contribution in [3.05, 3.63) is 29.3 Å². The van der Waals surface area contributed by atoms with Gasteiger partial charge in [-0.15, -0.1) is 11.3 Å². The number of carbonyl (C=O) groups excluding carboxylic acids is 1. The molecule has 1 heterocycles. The molecule has 0 aliphatic carbocycles. The average Bonchev–Trinajstić information content (AvgIpc) is 2.85. The van der Waals surface area contributed by atoms with Gasteiger partial charge in [-0.25, -0.2) is 9.78 Å². The van der Waals surface area contributed by atoms with E-state index in [-0.39, 0.29) is 5.91 Å². The van der Waals surface area contributed by atoms with Crippen LogP contribution in [0.1, 0.15) is 38.1 Å². The van der Waals surface area contributed by atoms with Gasteiger partial charge in [-0.3, -0.25) is 4.79 Å². The zero-order chi connectivity index (χ0) is 16.2. The molecule has 2 rings (SSSR count). The SMILES string of the molecule is CC(C)(NC(=O)CCCCc1nc2ccccc2s1)C(=O)O. The summed E-state index contributed by atoms with van der Waals surface area (Å²) in [6.45, 7) is 2.96. The summed E-state index contributed by atoms with van der Waals surface area (Å²) in [6, 6.07) is 8.02. The number of rotatable bonds is 7. The Morgan fingerprint density at radius 2 is 2.00 bits per heavy atom. The van der Waals surface area contributed by atoms with Crippen LogP contribution in [0.25, 0.3) is 10.2 Å². The number of unbranched alkanes of at least 4 members (excludes halogenated alkanes) is 1. The molecule has 2 aromatic rings. The van der Waals surface area contributed by atoms with Crippen LogP contribution in [0.5, 0.6) is 0 Å². The third kappa shape index (κ3) is 4.27. The number of aryl methyl sites for hydroxylation is 1. The van der Waals surface area contributed by atoms with Crippen LogP contribution in [0.3, 0.4) is 0 Å². The van der Waals surface area contributed by atoms with Crippen molar-refractivity contribution in [1.29, 1.82) is 0 Å². The Bertz CT molecular complexity index is 646. The number of fused-ring (bicyclic) bond motifs is 1. The van der Waals surface area contributed by atoms with Gasteiger partial charge in [-0.2, -0.15) is 0 Å². The summed E-state index contributed by atoms with van der Waals surface area (Å²) in [7, 11) is 0. The van der Waals surface area contributed by atoms with Gasteiger partial charge in [0.25, 0.3) is 0 Å². The summed E-state index contributed by atoms with van der Waals surface area (Å²) < 4.78 is 1.18. The minimum absolute atomic E-state index is 0.225. The topological polar surface area (TPSA) is 79.3 Å². The lowest BCUT2D eigenvalue weighted by atomic mass is 10.1. The van der Waals surface area contributed by atoms with Crippen molar-refractivity contribution in [3.8, 4) is 0 Å². The first-order valence-corrected chi connectivity index (χ1v) is 8.09. The highest BCUT2D eigenvalue weighted by Crippen LogP contribution is 2.22. The predicted molar refractivity (Wildman–Crippen MR) is 87.0 cm³/mol. The fourth-order valence-electron chi connectivity index (χ4n) is 2.05. The van der Waals surface area contributed by atoms with Gasteiger partial charge in [-0.05, 0) is 45.2 Å². The Balaban J connectivity index is 1.75. The molecule has 0 saturated carbocycles. The largest absolute Gasteiger partial charge is 0.480 e. The summed E-state index contributed by atoms with van der Waals surface area (Å²) >= 11 is 1.68. The molecular weight excluding hydrogens is 300 g/mol. The number of nitrogens with zero attached hydrogens (tertiary/aromatic N) is 1. The zero-order valence-corrected chi connectivity index (χ0v) is 13.6. The first-order chi connectivity index (χ1) is 10.4. The highest BCUT2D eigenvalue weighted by molar-refractivity contribution is 7.18. The summed E-state index contributed by atoms with van der Waals surface area (Å²) in [5.74, 6) is -1.26. The molecule has 0 aliphatic heterocycles. The number of para-hydroxylation sites is 1. The lowest BCUT2D eigenvalue weighted by molar-refractivity contribution is -0.146. The van der Waals surface area contributed by atoms with Gasteiger partial charge in [0.2, 0.25) is 5.91 Å². The summed E-state index contributed by atoms with van der Waals surface area (Å²) in [5, 5.41) is 12.6. The molecule has 1 amide bonds. The summed E-state index contributed by atoms with van der Waals surface area (Å²) in [5.41, 5.74) is -0.201. The van der Waals surface area contributed by atoms with Crippen LogP contribution in [-0.2, 0) is 16.0 Å². The number of aliphatic carboxylic acids is 1. The van der Waals surface area contributed by atoms with Gasteiger partial charge in [0.1, 0.15) is 5.54 Å². The number of nitrogens with one attached hydrogen (secondary N) is 1. The Kier molecular flexibility index (Phi) is 5.13. The van der Waals surface area contributed by atoms with Gasteiger partial charge >= 0.3 is 5.97 Å². The first-order valence-electron chi connectivity index (χ1n) is 7.27. The second-order valence-electron chi connectivity index (χ2n) is 5.76. The van der Waals surface area contributed by atoms with E-state index in [1.807, 2.05) is 18.2 Å². The van der Waals surface area contributed by atoms with Crippen molar-refractivity contribution in [3.63, 3.8) is 0 Å². The number of carboxylic acids is 1. The molecule has 0 saturated heterocycles. The number of aromatic nitrogens is 1. The minimum atomic E-state index is -1.22. The Morgan fingerprint density at radius 1 is 1.27 bits per heavy atom.